The number of carbonyl (C=O) groups is 1. The van der Waals surface area contributed by atoms with Crippen molar-refractivity contribution in [2.75, 3.05) is 12.8 Å². The second-order valence-corrected chi connectivity index (χ2v) is 3.55. The highest BCUT2D eigenvalue weighted by molar-refractivity contribution is 7.98. The van der Waals surface area contributed by atoms with Crippen LogP contribution >= 0.6 is 11.8 Å². The molecule has 0 radical (unpaired) electrons. The summed E-state index contributed by atoms with van der Waals surface area (Å²) in [5.41, 5.74) is 1.27. The van der Waals surface area contributed by atoms with Gasteiger partial charge in [0, 0.05) is 11.4 Å². The number of nitrogens with one attached hydrogen (secondary N) is 1. The molecule has 0 atom stereocenters. The summed E-state index contributed by atoms with van der Waals surface area (Å²) in [4.78, 5) is 11.3. The zero-order chi connectivity index (χ0) is 9.52. The topological polar surface area (TPSA) is 29.1 Å². The van der Waals surface area contributed by atoms with Crippen LogP contribution in [-0.2, 0) is 11.2 Å². The minimum atomic E-state index is 0.710. The Hall–Kier alpha value is -0.960. The highest BCUT2D eigenvalue weighted by atomic mass is 32.2. The molecular formula is C10H13NOS. The maximum absolute atomic E-state index is 10.0. The molecule has 1 amide bonds. The number of hydrogen-bond donors (Lipinski definition) is 1. The van der Waals surface area contributed by atoms with Gasteiger partial charge in [-0.05, 0) is 30.4 Å². The summed E-state index contributed by atoms with van der Waals surface area (Å²) in [6, 6.07) is 8.35. The number of benzene rings is 1. The fourth-order valence-electron chi connectivity index (χ4n) is 1.10. The van der Waals surface area contributed by atoms with Gasteiger partial charge in [0.25, 0.3) is 0 Å². The second kappa shape index (κ2) is 5.65. The van der Waals surface area contributed by atoms with Gasteiger partial charge in [0.1, 0.15) is 0 Å². The number of thioether (sulfide) groups is 1. The molecule has 0 aliphatic heterocycles. The molecule has 0 spiro atoms. The average Bonchev–Trinajstić information content (AvgIpc) is 2.19. The Kier molecular flexibility index (Phi) is 4.40. The molecule has 0 saturated heterocycles. The molecule has 0 aliphatic carbocycles. The van der Waals surface area contributed by atoms with Crippen molar-refractivity contribution in [3.63, 3.8) is 0 Å². The van der Waals surface area contributed by atoms with Crippen molar-refractivity contribution in [1.29, 1.82) is 0 Å². The van der Waals surface area contributed by atoms with Crippen LogP contribution in [0.15, 0.2) is 29.2 Å². The smallest absolute Gasteiger partial charge is 0.207 e. The van der Waals surface area contributed by atoms with Crippen LogP contribution in [0, 0.1) is 0 Å². The third-order valence-corrected chi connectivity index (χ3v) is 2.50. The average molecular weight is 195 g/mol. The largest absolute Gasteiger partial charge is 0.358 e. The van der Waals surface area contributed by atoms with Crippen LogP contribution in [0.5, 0.6) is 0 Å². The molecule has 1 aromatic rings. The van der Waals surface area contributed by atoms with E-state index in [1.54, 1.807) is 11.8 Å². The highest BCUT2D eigenvalue weighted by Crippen LogP contribution is 2.15. The highest BCUT2D eigenvalue weighted by Gasteiger charge is 1.94. The second-order valence-electron chi connectivity index (χ2n) is 2.67. The van der Waals surface area contributed by atoms with E-state index in [4.69, 9.17) is 0 Å². The number of rotatable bonds is 5. The van der Waals surface area contributed by atoms with Crippen LogP contribution < -0.4 is 5.32 Å². The lowest BCUT2D eigenvalue weighted by Crippen LogP contribution is -2.14. The third-order valence-electron chi connectivity index (χ3n) is 1.78. The minimum Gasteiger partial charge on any atom is -0.358 e. The summed E-state index contributed by atoms with van der Waals surface area (Å²) in [5.74, 6) is 0. The summed E-state index contributed by atoms with van der Waals surface area (Å²) in [7, 11) is 0. The summed E-state index contributed by atoms with van der Waals surface area (Å²) >= 11 is 1.73. The van der Waals surface area contributed by atoms with Gasteiger partial charge < -0.3 is 5.32 Å². The van der Waals surface area contributed by atoms with E-state index in [0.29, 0.717) is 6.54 Å². The van der Waals surface area contributed by atoms with Gasteiger partial charge in [-0.3, -0.25) is 4.79 Å². The van der Waals surface area contributed by atoms with E-state index in [1.165, 1.54) is 10.5 Å². The van der Waals surface area contributed by atoms with Crippen LogP contribution in [0.25, 0.3) is 0 Å². The van der Waals surface area contributed by atoms with E-state index < -0.39 is 0 Å². The first-order chi connectivity index (χ1) is 6.36. The van der Waals surface area contributed by atoms with Crippen LogP contribution in [0.3, 0.4) is 0 Å². The number of carbonyl (C=O) groups excluding carboxylic acids is 1. The lowest BCUT2D eigenvalue weighted by atomic mass is 10.1. The first-order valence-electron chi connectivity index (χ1n) is 4.17. The SMILES string of the molecule is CSc1cccc(CCNC=O)c1. The Bertz CT molecular complexity index is 275. The maximum Gasteiger partial charge on any atom is 0.207 e. The Morgan fingerprint density at radius 2 is 2.38 bits per heavy atom. The van der Waals surface area contributed by atoms with Crippen molar-refractivity contribution in [1.82, 2.24) is 5.32 Å². The molecular weight excluding hydrogens is 182 g/mol. The predicted molar refractivity (Wildman–Crippen MR) is 56.0 cm³/mol. The lowest BCUT2D eigenvalue weighted by molar-refractivity contribution is -0.109. The predicted octanol–water partition coefficient (Wildman–Crippen LogP) is 1.70. The minimum absolute atomic E-state index is 0.710. The summed E-state index contributed by atoms with van der Waals surface area (Å²) < 4.78 is 0. The van der Waals surface area contributed by atoms with Crippen LogP contribution in [0.4, 0.5) is 0 Å². The Morgan fingerprint density at radius 1 is 1.54 bits per heavy atom. The van der Waals surface area contributed by atoms with E-state index >= 15 is 0 Å². The van der Waals surface area contributed by atoms with Crippen molar-refractivity contribution in [2.24, 2.45) is 0 Å². The van der Waals surface area contributed by atoms with Crippen LogP contribution in [-0.4, -0.2) is 19.2 Å². The van der Waals surface area contributed by atoms with E-state index in [2.05, 4.69) is 29.8 Å². The standard InChI is InChI=1S/C10H13NOS/c1-13-10-4-2-3-9(7-10)5-6-11-8-12/h2-4,7-8H,5-6H2,1H3,(H,11,12). The Balaban J connectivity index is 2.50. The summed E-state index contributed by atoms with van der Waals surface area (Å²) in [5, 5.41) is 2.65. The van der Waals surface area contributed by atoms with Crippen molar-refractivity contribution in [3.8, 4) is 0 Å². The van der Waals surface area contributed by atoms with E-state index in [9.17, 15) is 4.79 Å². The van der Waals surface area contributed by atoms with Crippen LogP contribution in [0.2, 0.25) is 0 Å². The van der Waals surface area contributed by atoms with Crippen LogP contribution in [0.1, 0.15) is 5.56 Å². The molecule has 0 bridgehead atoms. The van der Waals surface area contributed by atoms with E-state index in [-0.39, 0.29) is 0 Å². The Labute approximate surface area is 82.7 Å². The summed E-state index contributed by atoms with van der Waals surface area (Å²) in [6.07, 6.45) is 3.69. The molecule has 1 N–H and O–H groups in total. The monoisotopic (exact) mass is 195 g/mol. The van der Waals surface area contributed by atoms with Gasteiger partial charge in [-0.2, -0.15) is 0 Å². The van der Waals surface area contributed by atoms with Gasteiger partial charge in [-0.15, -0.1) is 11.8 Å². The number of hydrogen-bond acceptors (Lipinski definition) is 2. The maximum atomic E-state index is 10.0. The fourth-order valence-corrected chi connectivity index (χ4v) is 1.59. The van der Waals surface area contributed by atoms with Crippen molar-refractivity contribution in [2.45, 2.75) is 11.3 Å². The summed E-state index contributed by atoms with van der Waals surface area (Å²) in [6.45, 7) is 0.710. The van der Waals surface area contributed by atoms with Crippen molar-refractivity contribution in [3.05, 3.63) is 29.8 Å². The van der Waals surface area contributed by atoms with Gasteiger partial charge in [0.2, 0.25) is 6.41 Å². The zero-order valence-electron chi connectivity index (χ0n) is 7.62. The van der Waals surface area contributed by atoms with E-state index in [1.807, 2.05) is 6.07 Å². The molecule has 0 aliphatic rings. The molecule has 1 aromatic carbocycles. The molecule has 0 saturated carbocycles. The molecule has 0 aromatic heterocycles. The normalized spacial score (nSPS) is 9.62. The molecule has 0 heterocycles. The molecule has 70 valence electrons. The molecule has 3 heteroatoms. The Morgan fingerprint density at radius 3 is 3.08 bits per heavy atom. The van der Waals surface area contributed by atoms with E-state index in [0.717, 1.165) is 12.8 Å². The van der Waals surface area contributed by atoms with Crippen molar-refractivity contribution >= 4 is 18.2 Å². The quantitative estimate of drug-likeness (QED) is 0.440. The zero-order valence-corrected chi connectivity index (χ0v) is 8.43. The van der Waals surface area contributed by atoms with Gasteiger partial charge >= 0.3 is 0 Å². The number of amides is 1. The molecule has 13 heavy (non-hydrogen) atoms. The lowest BCUT2D eigenvalue weighted by Gasteiger charge is -2.02. The van der Waals surface area contributed by atoms with Crippen molar-refractivity contribution < 1.29 is 4.79 Å². The molecule has 2 nitrogen and oxygen atoms in total. The van der Waals surface area contributed by atoms with Gasteiger partial charge in [-0.25, -0.2) is 0 Å². The van der Waals surface area contributed by atoms with Gasteiger partial charge in [0.05, 0.1) is 0 Å². The third kappa shape index (κ3) is 3.51. The first-order valence-corrected chi connectivity index (χ1v) is 5.39. The molecule has 0 fully saturated rings. The van der Waals surface area contributed by atoms with Gasteiger partial charge in [-0.1, -0.05) is 12.1 Å². The molecule has 1 rings (SSSR count). The first kappa shape index (κ1) is 10.1. The molecule has 0 unspecified atom stereocenters. The fraction of sp³-hybridized carbons (Fsp3) is 0.300. The van der Waals surface area contributed by atoms with Gasteiger partial charge in [0.15, 0.2) is 0 Å².